The molecule has 14 nitrogen and oxygen atoms in total. The van der Waals surface area contributed by atoms with Crippen LogP contribution in [0.1, 0.15) is 33.4 Å². The molecule has 0 atom stereocenters. The third-order valence-electron chi connectivity index (χ3n) is 14.0. The molecule has 4 amide bonds. The number of hydrogen-bond acceptors (Lipinski definition) is 10. The van der Waals surface area contributed by atoms with Gasteiger partial charge < -0.3 is 29.6 Å². The Morgan fingerprint density at radius 3 is 1.22 bits per heavy atom. The first-order chi connectivity index (χ1) is 33.2. The molecule has 11 rings (SSSR count). The summed E-state index contributed by atoms with van der Waals surface area (Å²) in [5.74, 6) is 1.41. The van der Waals surface area contributed by atoms with Gasteiger partial charge in [0.1, 0.15) is 34.4 Å². The van der Waals surface area contributed by atoms with Gasteiger partial charge in [-0.3, -0.25) is 29.2 Å². The predicted molar refractivity (Wildman–Crippen MR) is 256 cm³/mol. The third kappa shape index (κ3) is 6.29. The number of methoxy groups -OCH3 is 4. The number of carbonyl (C=O) groups is 4. The van der Waals surface area contributed by atoms with E-state index in [2.05, 4.69) is 10.6 Å². The second-order valence-corrected chi connectivity index (χ2v) is 17.0. The minimum atomic E-state index is -1.55. The van der Waals surface area contributed by atoms with E-state index in [0.29, 0.717) is 67.8 Å². The normalized spacial score (nSPS) is 21.8. The summed E-state index contributed by atoms with van der Waals surface area (Å²) in [5, 5.41) is 8.45. The Bertz CT molecular complexity index is 3040. The molecule has 0 unspecified atom stereocenters. The van der Waals surface area contributed by atoms with Crippen molar-refractivity contribution in [3.05, 3.63) is 190 Å². The van der Waals surface area contributed by atoms with Crippen molar-refractivity contribution < 1.29 is 54.6 Å². The Labute approximate surface area is 408 Å². The maximum absolute atomic E-state index is 16.4. The van der Waals surface area contributed by atoms with E-state index in [1.165, 1.54) is 26.4 Å². The van der Waals surface area contributed by atoms with Crippen LogP contribution >= 0.6 is 0 Å². The Hall–Kier alpha value is -8.03. The Balaban J connectivity index is 0.00000553. The topological polar surface area (TPSA) is 142 Å². The number of benzene rings is 5. The van der Waals surface area contributed by atoms with E-state index < -0.39 is 11.3 Å². The number of ether oxygens (including phenoxy) is 4. The molecular weight excluding hydrogens is 919 g/mol. The van der Waals surface area contributed by atoms with Gasteiger partial charge in [-0.05, 0) is 47.2 Å². The molecule has 2 fully saturated rings. The first kappa shape index (κ1) is 44.8. The van der Waals surface area contributed by atoms with Crippen LogP contribution in [0.25, 0.3) is 10.8 Å². The van der Waals surface area contributed by atoms with Crippen LogP contribution in [0.4, 0.5) is 21.0 Å². The van der Waals surface area contributed by atoms with Crippen molar-refractivity contribution in [1.82, 2.24) is 19.6 Å². The van der Waals surface area contributed by atoms with Crippen molar-refractivity contribution in [3.8, 4) is 23.0 Å². The number of carbonyl (C=O) groups excluding carboxylic acids is 4. The summed E-state index contributed by atoms with van der Waals surface area (Å²) >= 11 is 0. The van der Waals surface area contributed by atoms with Crippen LogP contribution in [-0.2, 0) is 63.6 Å². The van der Waals surface area contributed by atoms with Crippen LogP contribution in [0.5, 0.6) is 23.0 Å². The first-order valence-corrected chi connectivity index (χ1v) is 22.2. The molecule has 0 spiro atoms. The molecule has 2 N–H and O–H groups in total. The minimum absolute atomic E-state index is 0. The van der Waals surface area contributed by atoms with Crippen molar-refractivity contribution in [3.63, 3.8) is 0 Å². The zero-order valence-electron chi connectivity index (χ0n) is 38.1. The van der Waals surface area contributed by atoms with Crippen LogP contribution < -0.4 is 29.6 Å². The number of hydrogen-bond donors (Lipinski definition) is 2. The van der Waals surface area contributed by atoms with Gasteiger partial charge in [0.25, 0.3) is 0 Å². The van der Waals surface area contributed by atoms with E-state index in [4.69, 9.17) is 18.9 Å². The van der Waals surface area contributed by atoms with Crippen LogP contribution in [0.3, 0.4) is 0 Å². The van der Waals surface area contributed by atoms with E-state index in [0.717, 1.165) is 21.9 Å². The van der Waals surface area contributed by atoms with Crippen molar-refractivity contribution in [2.24, 2.45) is 0 Å². The Kier molecular flexibility index (Phi) is 11.2. The van der Waals surface area contributed by atoms with Crippen molar-refractivity contribution >= 4 is 45.8 Å². The van der Waals surface area contributed by atoms with Gasteiger partial charge in [0, 0.05) is 73.4 Å². The molecule has 2 aliphatic carbocycles. The number of anilines is 2. The Morgan fingerprint density at radius 1 is 0.478 bits per heavy atom. The summed E-state index contributed by atoms with van der Waals surface area (Å²) in [6.07, 6.45) is 16.4. The molecule has 4 heterocycles. The molecule has 4 aliphatic heterocycles. The van der Waals surface area contributed by atoms with E-state index in [-0.39, 0.29) is 66.3 Å². The zero-order valence-corrected chi connectivity index (χ0v) is 39.0. The number of rotatable bonds is 10. The van der Waals surface area contributed by atoms with Gasteiger partial charge in [-0.2, -0.15) is 0 Å². The first-order valence-electron chi connectivity index (χ1n) is 22.2. The quantitative estimate of drug-likeness (QED) is 0.103. The van der Waals surface area contributed by atoms with Gasteiger partial charge in [-0.15, -0.1) is 0 Å². The summed E-state index contributed by atoms with van der Waals surface area (Å²) < 4.78 is 25.0. The van der Waals surface area contributed by atoms with Gasteiger partial charge in [0.2, 0.25) is 0 Å². The molecule has 5 aromatic rings. The van der Waals surface area contributed by atoms with Gasteiger partial charge >= 0.3 is 12.1 Å². The molecular formula is C54H46N6NiO8. The largest absolute Gasteiger partial charge is 0.496 e. The van der Waals surface area contributed by atoms with Crippen LogP contribution in [0.2, 0.25) is 0 Å². The van der Waals surface area contributed by atoms with Crippen molar-refractivity contribution in [1.29, 1.82) is 0 Å². The second kappa shape index (κ2) is 17.2. The monoisotopic (exact) mass is 964 g/mol. The van der Waals surface area contributed by atoms with Gasteiger partial charge in [0.15, 0.2) is 22.9 Å². The fraction of sp³-hybridized carbons (Fsp3) is 0.185. The third-order valence-corrected chi connectivity index (χ3v) is 14.0. The standard InChI is InChI=1S/C54H46N6O8.Ni/c1-65-44-25-23-33-24-26-45(66-2)41-32-60-52(64)58-30-39-38(49(67-3)47(55-27-34-15-11-13-21-42(34)61)48(50(39)68-4)56-28-35-16-12-14-22-43(35)62)29-57-51(63)59(31-40(44)46(33)41)54(60,37-19-9-6-10-20-37)53(57,58)36-17-7-5-8-18-36;/h5-28,55-56H,29-32H2,1-4H3;/b34-27-,35-28-;. The summed E-state index contributed by atoms with van der Waals surface area (Å²) in [5.41, 5.74) is 2.50. The number of amides is 4. The van der Waals surface area contributed by atoms with Crippen molar-refractivity contribution in [2.45, 2.75) is 37.5 Å². The molecule has 0 saturated carbocycles. The van der Waals surface area contributed by atoms with Crippen LogP contribution in [0.15, 0.2) is 157 Å². The molecule has 15 heteroatoms. The maximum atomic E-state index is 16.4. The number of ketones is 2. The number of nitrogens with zero attached hydrogens (tertiary/aromatic N) is 4. The number of nitrogens with one attached hydrogen (secondary N) is 2. The predicted octanol–water partition coefficient (Wildman–Crippen LogP) is 8.76. The average Bonchev–Trinajstić information content (AvgIpc) is 3.60. The number of allylic oxidation sites excluding steroid dienone is 10. The van der Waals surface area contributed by atoms with Gasteiger partial charge in [-0.25, -0.2) is 9.59 Å². The molecule has 0 radical (unpaired) electrons. The number of fused-ring (bicyclic) bond motifs is 1. The zero-order chi connectivity index (χ0) is 46.9. The summed E-state index contributed by atoms with van der Waals surface area (Å²) in [4.78, 5) is 66.2. The SMILES string of the molecule is COc1ccc2ccc(OC)c3c2c1CN1C(=O)N2Cc4c(c(OC)c(N/C=C5/C=CC=CC5=O)c(N/C=C5/C=CC=CC5=O)c4OC)CN4C(=O)N(C3)C1(c1ccccc1)C24c1ccccc1.[Ni]. The molecule has 0 aromatic heterocycles. The summed E-state index contributed by atoms with van der Waals surface area (Å²) in [6.45, 7) is -0.0203. The fourth-order valence-corrected chi connectivity index (χ4v) is 11.2. The fourth-order valence-electron chi connectivity index (χ4n) is 11.2. The van der Waals surface area contributed by atoms with E-state index in [1.807, 2.05) is 94.7 Å². The van der Waals surface area contributed by atoms with Gasteiger partial charge in [-0.1, -0.05) is 97.1 Å². The molecule has 0 bridgehead atoms. The summed E-state index contributed by atoms with van der Waals surface area (Å²) in [6, 6.07) is 26.6. The molecule has 2 saturated heterocycles. The minimum Gasteiger partial charge on any atom is -0.496 e. The smallest absolute Gasteiger partial charge is 0.325 e. The Morgan fingerprint density at radius 2 is 0.855 bits per heavy atom. The summed E-state index contributed by atoms with van der Waals surface area (Å²) in [7, 11) is 6.31. The maximum Gasteiger partial charge on any atom is 0.325 e. The second-order valence-electron chi connectivity index (χ2n) is 17.0. The molecule has 5 aromatic carbocycles. The van der Waals surface area contributed by atoms with E-state index >= 15 is 9.59 Å². The van der Waals surface area contributed by atoms with E-state index in [9.17, 15) is 9.59 Å². The average molecular weight is 966 g/mol. The van der Waals surface area contributed by atoms with Crippen LogP contribution in [0, 0.1) is 0 Å². The molecule has 350 valence electrons. The number of urea groups is 2. The van der Waals surface area contributed by atoms with E-state index in [1.54, 1.807) is 72.9 Å². The molecule has 69 heavy (non-hydrogen) atoms. The molecule has 6 aliphatic rings. The van der Waals surface area contributed by atoms with Gasteiger partial charge in [0.05, 0.1) is 54.6 Å². The van der Waals surface area contributed by atoms with Crippen molar-refractivity contribution in [2.75, 3.05) is 39.1 Å². The van der Waals surface area contributed by atoms with Crippen LogP contribution in [-0.4, -0.2) is 71.7 Å².